The molecule has 15 heavy (non-hydrogen) atoms. The van der Waals surface area contributed by atoms with Gasteiger partial charge in [0.2, 0.25) is 0 Å². The highest BCUT2D eigenvalue weighted by Crippen LogP contribution is 2.33. The third-order valence-electron chi connectivity index (χ3n) is 3.14. The van der Waals surface area contributed by atoms with Crippen molar-refractivity contribution in [2.45, 2.75) is 51.9 Å². The third-order valence-corrected chi connectivity index (χ3v) is 3.14. The van der Waals surface area contributed by atoms with E-state index < -0.39 is 0 Å². The maximum atomic E-state index is 10.9. The van der Waals surface area contributed by atoms with E-state index in [4.69, 9.17) is 4.74 Å². The number of hydrogen-bond donors (Lipinski definition) is 0. The van der Waals surface area contributed by atoms with Gasteiger partial charge in [-0.25, -0.2) is 0 Å². The molecule has 0 atom stereocenters. The minimum Gasteiger partial charge on any atom is -0.431 e. The summed E-state index contributed by atoms with van der Waals surface area (Å²) < 4.78 is 5.21. The Kier molecular flexibility index (Phi) is 3.24. The summed E-state index contributed by atoms with van der Waals surface area (Å²) in [4.78, 5) is 10.9. The van der Waals surface area contributed by atoms with E-state index in [1.54, 1.807) is 5.57 Å². The molecule has 0 radical (unpaired) electrons. The Morgan fingerprint density at radius 3 is 2.67 bits per heavy atom. The SMILES string of the molecule is CC(=O)OC1=CC2=C(CCCC2)CCC1. The molecular formula is C13H18O2. The van der Waals surface area contributed by atoms with Crippen molar-refractivity contribution in [1.29, 1.82) is 0 Å². The Labute approximate surface area is 91.0 Å². The first-order chi connectivity index (χ1) is 7.25. The van der Waals surface area contributed by atoms with Crippen molar-refractivity contribution >= 4 is 5.97 Å². The van der Waals surface area contributed by atoms with Crippen molar-refractivity contribution < 1.29 is 9.53 Å². The number of ether oxygens (including phenoxy) is 1. The molecule has 0 saturated carbocycles. The lowest BCUT2D eigenvalue weighted by molar-refractivity contribution is -0.137. The van der Waals surface area contributed by atoms with Gasteiger partial charge in [-0.1, -0.05) is 5.57 Å². The van der Waals surface area contributed by atoms with Gasteiger partial charge in [0.25, 0.3) is 0 Å². The van der Waals surface area contributed by atoms with Gasteiger partial charge in [0, 0.05) is 13.3 Å². The van der Waals surface area contributed by atoms with Crippen molar-refractivity contribution in [3.8, 4) is 0 Å². The van der Waals surface area contributed by atoms with Gasteiger partial charge in [0.15, 0.2) is 0 Å². The van der Waals surface area contributed by atoms with E-state index in [2.05, 4.69) is 6.08 Å². The van der Waals surface area contributed by atoms with Gasteiger partial charge >= 0.3 is 5.97 Å². The normalized spacial score (nSPS) is 21.5. The molecule has 0 heterocycles. The van der Waals surface area contributed by atoms with Gasteiger partial charge in [-0.2, -0.15) is 0 Å². The molecule has 0 saturated heterocycles. The topological polar surface area (TPSA) is 26.3 Å². The van der Waals surface area contributed by atoms with Crippen LogP contribution in [-0.4, -0.2) is 5.97 Å². The largest absolute Gasteiger partial charge is 0.431 e. The van der Waals surface area contributed by atoms with Gasteiger partial charge in [-0.05, 0) is 50.2 Å². The van der Waals surface area contributed by atoms with E-state index in [-0.39, 0.29) is 5.97 Å². The molecule has 0 spiro atoms. The predicted molar refractivity (Wildman–Crippen MR) is 59.2 cm³/mol. The minimum absolute atomic E-state index is 0.193. The van der Waals surface area contributed by atoms with E-state index in [1.165, 1.54) is 44.6 Å². The fraction of sp³-hybridized carbons (Fsp3) is 0.615. The van der Waals surface area contributed by atoms with Gasteiger partial charge in [0.05, 0.1) is 0 Å². The zero-order valence-electron chi connectivity index (χ0n) is 9.34. The highest BCUT2D eigenvalue weighted by atomic mass is 16.5. The molecule has 0 aromatic rings. The number of rotatable bonds is 1. The van der Waals surface area contributed by atoms with E-state index in [9.17, 15) is 4.79 Å². The van der Waals surface area contributed by atoms with Crippen molar-refractivity contribution in [2.75, 3.05) is 0 Å². The van der Waals surface area contributed by atoms with Crippen LogP contribution < -0.4 is 0 Å². The van der Waals surface area contributed by atoms with Crippen LogP contribution in [0.15, 0.2) is 23.0 Å². The zero-order valence-corrected chi connectivity index (χ0v) is 9.34. The van der Waals surface area contributed by atoms with E-state index in [0.29, 0.717) is 0 Å². The standard InChI is InChI=1S/C13H18O2/c1-10(14)15-13-8-4-7-11-5-2-3-6-12(11)9-13/h9H,2-8H2,1H3. The summed E-state index contributed by atoms with van der Waals surface area (Å²) >= 11 is 0. The molecule has 0 N–H and O–H groups in total. The average Bonchev–Trinajstić information content (AvgIpc) is 2.38. The van der Waals surface area contributed by atoms with Crippen LogP contribution in [0, 0.1) is 0 Å². The third kappa shape index (κ3) is 2.71. The molecule has 2 aliphatic carbocycles. The molecular weight excluding hydrogens is 188 g/mol. The molecule has 0 aromatic heterocycles. The van der Waals surface area contributed by atoms with E-state index in [0.717, 1.165) is 18.6 Å². The molecule has 0 bridgehead atoms. The van der Waals surface area contributed by atoms with Crippen LogP contribution in [0.1, 0.15) is 51.9 Å². The van der Waals surface area contributed by atoms with E-state index >= 15 is 0 Å². The summed E-state index contributed by atoms with van der Waals surface area (Å²) in [6.45, 7) is 1.47. The Balaban J connectivity index is 2.16. The highest BCUT2D eigenvalue weighted by molar-refractivity contribution is 5.67. The zero-order chi connectivity index (χ0) is 10.7. The first-order valence-corrected chi connectivity index (χ1v) is 5.85. The van der Waals surface area contributed by atoms with Crippen LogP contribution in [0.3, 0.4) is 0 Å². The Morgan fingerprint density at radius 2 is 1.87 bits per heavy atom. The molecule has 0 amide bonds. The molecule has 0 aromatic carbocycles. The van der Waals surface area contributed by atoms with E-state index in [1.807, 2.05) is 0 Å². The molecule has 2 heteroatoms. The summed E-state index contributed by atoms with van der Waals surface area (Å²) in [5, 5.41) is 0. The Morgan fingerprint density at radius 1 is 1.13 bits per heavy atom. The summed E-state index contributed by atoms with van der Waals surface area (Å²) in [6.07, 6.45) is 10.4. The smallest absolute Gasteiger partial charge is 0.307 e. The van der Waals surface area contributed by atoms with Crippen LogP contribution in [0.5, 0.6) is 0 Å². The monoisotopic (exact) mass is 206 g/mol. The fourth-order valence-electron chi connectivity index (χ4n) is 2.46. The number of esters is 1. The van der Waals surface area contributed by atoms with Crippen molar-refractivity contribution in [3.63, 3.8) is 0 Å². The van der Waals surface area contributed by atoms with Crippen LogP contribution in [0.4, 0.5) is 0 Å². The number of allylic oxidation sites excluding steroid dienone is 4. The minimum atomic E-state index is -0.193. The molecule has 0 unspecified atom stereocenters. The van der Waals surface area contributed by atoms with Crippen molar-refractivity contribution in [1.82, 2.24) is 0 Å². The number of carbonyl (C=O) groups is 1. The van der Waals surface area contributed by atoms with Gasteiger partial charge < -0.3 is 4.74 Å². The van der Waals surface area contributed by atoms with Crippen LogP contribution >= 0.6 is 0 Å². The second kappa shape index (κ2) is 4.65. The number of carbonyl (C=O) groups excluding carboxylic acids is 1. The summed E-state index contributed by atoms with van der Waals surface area (Å²) in [5.74, 6) is 0.676. The van der Waals surface area contributed by atoms with Crippen LogP contribution in [0.25, 0.3) is 0 Å². The molecule has 2 nitrogen and oxygen atoms in total. The van der Waals surface area contributed by atoms with Crippen molar-refractivity contribution in [2.24, 2.45) is 0 Å². The first-order valence-electron chi connectivity index (χ1n) is 5.85. The number of hydrogen-bond acceptors (Lipinski definition) is 2. The predicted octanol–water partition coefficient (Wildman–Crippen LogP) is 3.49. The second-order valence-electron chi connectivity index (χ2n) is 4.39. The maximum Gasteiger partial charge on any atom is 0.307 e. The first kappa shape index (κ1) is 10.5. The molecule has 2 rings (SSSR count). The summed E-state index contributed by atoms with van der Waals surface area (Å²) in [7, 11) is 0. The fourth-order valence-corrected chi connectivity index (χ4v) is 2.46. The van der Waals surface area contributed by atoms with Crippen molar-refractivity contribution in [3.05, 3.63) is 23.0 Å². The molecule has 82 valence electrons. The second-order valence-corrected chi connectivity index (χ2v) is 4.39. The summed E-state index contributed by atoms with van der Waals surface area (Å²) in [5.41, 5.74) is 3.04. The van der Waals surface area contributed by atoms with Gasteiger partial charge in [-0.3, -0.25) is 4.79 Å². The van der Waals surface area contributed by atoms with Crippen LogP contribution in [0.2, 0.25) is 0 Å². The maximum absolute atomic E-state index is 10.9. The molecule has 0 aliphatic heterocycles. The van der Waals surface area contributed by atoms with Gasteiger partial charge in [-0.15, -0.1) is 0 Å². The summed E-state index contributed by atoms with van der Waals surface area (Å²) in [6, 6.07) is 0. The lowest BCUT2D eigenvalue weighted by atomic mass is 9.90. The van der Waals surface area contributed by atoms with Crippen LogP contribution in [-0.2, 0) is 9.53 Å². The lowest BCUT2D eigenvalue weighted by Crippen LogP contribution is -1.99. The average molecular weight is 206 g/mol. The molecule has 0 fully saturated rings. The van der Waals surface area contributed by atoms with Gasteiger partial charge in [0.1, 0.15) is 5.76 Å². The lowest BCUT2D eigenvalue weighted by Gasteiger charge is -2.16. The Hall–Kier alpha value is -1.05. The quantitative estimate of drug-likeness (QED) is 0.614. The molecule has 2 aliphatic rings. The highest BCUT2D eigenvalue weighted by Gasteiger charge is 2.16. The Bertz CT molecular complexity index is 323.